The van der Waals surface area contributed by atoms with Gasteiger partial charge in [0.15, 0.2) is 5.96 Å². The molecule has 7 heteroatoms. The van der Waals surface area contributed by atoms with Crippen LogP contribution in [-0.4, -0.2) is 61.9 Å². The number of hydrogen-bond donors (Lipinski definition) is 3. The summed E-state index contributed by atoms with van der Waals surface area (Å²) in [6, 6.07) is 7.55. The molecule has 160 valence electrons. The first-order valence-electron chi connectivity index (χ1n) is 10.7. The van der Waals surface area contributed by atoms with Gasteiger partial charge in [0.05, 0.1) is 0 Å². The molecule has 1 aliphatic rings. The maximum atomic E-state index is 12.2. The number of benzene rings is 1. The normalized spacial score (nSPS) is 15.0. The number of nitrogens with zero attached hydrogens (tertiary/aromatic N) is 2. The van der Waals surface area contributed by atoms with Crippen molar-refractivity contribution < 1.29 is 9.59 Å². The van der Waals surface area contributed by atoms with Gasteiger partial charge in [0, 0.05) is 51.3 Å². The molecule has 0 radical (unpaired) electrons. The van der Waals surface area contributed by atoms with Crippen molar-refractivity contribution in [1.29, 1.82) is 0 Å². The Hall–Kier alpha value is -2.57. The van der Waals surface area contributed by atoms with E-state index in [4.69, 9.17) is 0 Å². The molecule has 7 nitrogen and oxygen atoms in total. The van der Waals surface area contributed by atoms with Crippen LogP contribution in [-0.2, 0) is 4.79 Å². The standard InChI is InChI=1S/C22H35N5O2/c1-3-23-22(25-12-8-16-27-15-6-4-5-11-20(27)28)26-14-13-24-21(29)19-10-7-9-18(2)17-19/h7,9-10,17H,3-6,8,11-16H2,1-2H3,(H,24,29)(H2,23,25,26). The zero-order valence-corrected chi connectivity index (χ0v) is 17.8. The molecule has 0 unspecified atom stereocenters. The number of carbonyl (C=O) groups is 2. The molecular weight excluding hydrogens is 366 g/mol. The molecule has 1 saturated heterocycles. The first kappa shape index (κ1) is 22.7. The van der Waals surface area contributed by atoms with E-state index in [9.17, 15) is 9.59 Å². The molecule has 0 spiro atoms. The number of rotatable bonds is 9. The molecule has 1 aliphatic heterocycles. The second kappa shape index (κ2) is 12.8. The van der Waals surface area contributed by atoms with Crippen LogP contribution < -0.4 is 16.0 Å². The van der Waals surface area contributed by atoms with E-state index in [1.54, 1.807) is 0 Å². The molecule has 2 rings (SSSR count). The van der Waals surface area contributed by atoms with E-state index < -0.39 is 0 Å². The highest BCUT2D eigenvalue weighted by molar-refractivity contribution is 5.94. The van der Waals surface area contributed by atoms with E-state index in [-0.39, 0.29) is 11.8 Å². The van der Waals surface area contributed by atoms with Gasteiger partial charge in [0.25, 0.3) is 5.91 Å². The molecule has 3 N–H and O–H groups in total. The van der Waals surface area contributed by atoms with Gasteiger partial charge in [-0.25, -0.2) is 0 Å². The molecular formula is C22H35N5O2. The third-order valence-electron chi connectivity index (χ3n) is 4.85. The van der Waals surface area contributed by atoms with Crippen molar-refractivity contribution in [2.75, 3.05) is 39.3 Å². The molecule has 29 heavy (non-hydrogen) atoms. The van der Waals surface area contributed by atoms with Gasteiger partial charge >= 0.3 is 0 Å². The highest BCUT2D eigenvalue weighted by atomic mass is 16.2. The second-order valence-corrected chi connectivity index (χ2v) is 7.36. The Balaban J connectivity index is 1.68. The third-order valence-corrected chi connectivity index (χ3v) is 4.85. The Morgan fingerprint density at radius 1 is 1.14 bits per heavy atom. The minimum absolute atomic E-state index is 0.0699. The highest BCUT2D eigenvalue weighted by Gasteiger charge is 2.15. The number of guanidine groups is 1. The topological polar surface area (TPSA) is 85.8 Å². The van der Waals surface area contributed by atoms with Crippen molar-refractivity contribution in [1.82, 2.24) is 20.9 Å². The van der Waals surface area contributed by atoms with Gasteiger partial charge in [0.2, 0.25) is 5.91 Å². The lowest BCUT2D eigenvalue weighted by Crippen LogP contribution is -2.41. The SMILES string of the molecule is CCNC(=NCCCN1CCCCCC1=O)NCCNC(=O)c1cccc(C)c1. The molecule has 0 atom stereocenters. The van der Waals surface area contributed by atoms with E-state index in [1.807, 2.05) is 43.0 Å². The molecule has 1 fully saturated rings. The summed E-state index contributed by atoms with van der Waals surface area (Å²) in [5, 5.41) is 9.37. The fraction of sp³-hybridized carbons (Fsp3) is 0.591. The smallest absolute Gasteiger partial charge is 0.251 e. The molecule has 2 amide bonds. The average Bonchev–Trinajstić information content (AvgIpc) is 2.92. The Bertz CT molecular complexity index is 690. The maximum Gasteiger partial charge on any atom is 0.251 e. The summed E-state index contributed by atoms with van der Waals surface area (Å²) >= 11 is 0. The van der Waals surface area contributed by atoms with Crippen LogP contribution in [0.5, 0.6) is 0 Å². The van der Waals surface area contributed by atoms with Crippen LogP contribution in [0.4, 0.5) is 0 Å². The lowest BCUT2D eigenvalue weighted by atomic mass is 10.1. The molecule has 0 aromatic heterocycles. The first-order valence-corrected chi connectivity index (χ1v) is 10.7. The van der Waals surface area contributed by atoms with E-state index >= 15 is 0 Å². The van der Waals surface area contributed by atoms with Crippen molar-refractivity contribution >= 4 is 17.8 Å². The van der Waals surface area contributed by atoms with Crippen molar-refractivity contribution in [3.05, 3.63) is 35.4 Å². The monoisotopic (exact) mass is 401 g/mol. The number of nitrogens with one attached hydrogen (secondary N) is 3. The zero-order valence-electron chi connectivity index (χ0n) is 17.8. The quantitative estimate of drug-likeness (QED) is 0.336. The summed E-state index contributed by atoms with van der Waals surface area (Å²) in [4.78, 5) is 30.7. The number of aryl methyl sites for hydroxylation is 1. The third kappa shape index (κ3) is 8.54. The van der Waals surface area contributed by atoms with Gasteiger partial charge in [-0.3, -0.25) is 14.6 Å². The number of likely N-dealkylation sites (tertiary alicyclic amines) is 1. The lowest BCUT2D eigenvalue weighted by Gasteiger charge is -2.20. The van der Waals surface area contributed by atoms with Crippen LogP contribution in [0.3, 0.4) is 0 Å². The largest absolute Gasteiger partial charge is 0.357 e. The second-order valence-electron chi connectivity index (χ2n) is 7.36. The molecule has 0 bridgehead atoms. The fourth-order valence-corrected chi connectivity index (χ4v) is 3.31. The summed E-state index contributed by atoms with van der Waals surface area (Å²) in [7, 11) is 0. The number of amides is 2. The molecule has 0 aliphatic carbocycles. The van der Waals surface area contributed by atoms with Crippen molar-refractivity contribution in [3.63, 3.8) is 0 Å². The molecule has 1 aromatic carbocycles. The van der Waals surface area contributed by atoms with E-state index in [1.165, 1.54) is 0 Å². The van der Waals surface area contributed by atoms with Crippen molar-refractivity contribution in [2.24, 2.45) is 4.99 Å². The van der Waals surface area contributed by atoms with Gasteiger partial charge < -0.3 is 20.9 Å². The van der Waals surface area contributed by atoms with E-state index in [0.29, 0.717) is 31.6 Å². The van der Waals surface area contributed by atoms with Crippen LogP contribution in [0.1, 0.15) is 54.9 Å². The highest BCUT2D eigenvalue weighted by Crippen LogP contribution is 2.11. The lowest BCUT2D eigenvalue weighted by molar-refractivity contribution is -0.130. The predicted octanol–water partition coefficient (Wildman–Crippen LogP) is 2.07. The minimum atomic E-state index is -0.0699. The molecule has 1 heterocycles. The van der Waals surface area contributed by atoms with Crippen LogP contribution in [0.25, 0.3) is 0 Å². The summed E-state index contributed by atoms with van der Waals surface area (Å²) in [6.45, 7) is 8.18. The van der Waals surface area contributed by atoms with Crippen LogP contribution >= 0.6 is 0 Å². The summed E-state index contributed by atoms with van der Waals surface area (Å²) in [5.41, 5.74) is 1.74. The minimum Gasteiger partial charge on any atom is -0.357 e. The Morgan fingerprint density at radius 2 is 1.97 bits per heavy atom. The van der Waals surface area contributed by atoms with E-state index in [0.717, 1.165) is 56.8 Å². The zero-order chi connectivity index (χ0) is 20.9. The average molecular weight is 402 g/mol. The van der Waals surface area contributed by atoms with Crippen LogP contribution in [0.2, 0.25) is 0 Å². The number of aliphatic imine (C=N–C) groups is 1. The maximum absolute atomic E-state index is 12.2. The summed E-state index contributed by atoms with van der Waals surface area (Å²) in [6.07, 6.45) is 4.80. The summed E-state index contributed by atoms with van der Waals surface area (Å²) in [5.74, 6) is 0.944. The van der Waals surface area contributed by atoms with Gasteiger partial charge in [-0.1, -0.05) is 24.1 Å². The van der Waals surface area contributed by atoms with Gasteiger partial charge in [-0.05, 0) is 45.2 Å². The van der Waals surface area contributed by atoms with Crippen molar-refractivity contribution in [2.45, 2.75) is 46.0 Å². The Morgan fingerprint density at radius 3 is 2.76 bits per heavy atom. The number of hydrogen-bond acceptors (Lipinski definition) is 3. The Labute approximate surface area is 174 Å². The summed E-state index contributed by atoms with van der Waals surface area (Å²) < 4.78 is 0. The predicted molar refractivity (Wildman–Crippen MR) is 117 cm³/mol. The van der Waals surface area contributed by atoms with Crippen LogP contribution in [0, 0.1) is 6.92 Å². The number of carbonyl (C=O) groups excluding carboxylic acids is 2. The Kier molecular flexibility index (Phi) is 10.0. The van der Waals surface area contributed by atoms with Gasteiger partial charge in [-0.2, -0.15) is 0 Å². The molecule has 1 aromatic rings. The van der Waals surface area contributed by atoms with E-state index in [2.05, 4.69) is 20.9 Å². The van der Waals surface area contributed by atoms with Crippen LogP contribution in [0.15, 0.2) is 29.3 Å². The molecule has 0 saturated carbocycles. The van der Waals surface area contributed by atoms with Crippen molar-refractivity contribution in [3.8, 4) is 0 Å². The first-order chi connectivity index (χ1) is 14.1. The van der Waals surface area contributed by atoms with Gasteiger partial charge in [-0.15, -0.1) is 0 Å². The fourth-order valence-electron chi connectivity index (χ4n) is 3.31. The van der Waals surface area contributed by atoms with Gasteiger partial charge in [0.1, 0.15) is 0 Å².